The molecule has 68 heavy (non-hydrogen) atoms. The average molecular weight is 976 g/mol. The Morgan fingerprint density at radius 2 is 0.838 bits per heavy atom. The van der Waals surface area contributed by atoms with Crippen LogP contribution in [0.2, 0.25) is 0 Å². The molecule has 0 radical (unpaired) electrons. The highest BCUT2D eigenvalue weighted by Crippen LogP contribution is 2.30. The van der Waals surface area contributed by atoms with E-state index in [0.717, 1.165) is 25.7 Å². The Morgan fingerprint density at radius 1 is 0.471 bits per heavy atom. The molecule has 0 saturated carbocycles. The molecule has 0 aromatic rings. The maximum absolute atomic E-state index is 12.6. The molecular weight excluding hydrogens is 871 g/mol. The first kappa shape index (κ1) is 63.1. The molecule has 0 bridgehead atoms. The van der Waals surface area contributed by atoms with Gasteiger partial charge in [0.2, 0.25) is 5.91 Å². The third kappa shape index (κ3) is 27.7. The van der Waals surface area contributed by atoms with Gasteiger partial charge in [-0.15, -0.1) is 0 Å². The Hall–Kier alpha value is -1.01. The van der Waals surface area contributed by atoms with Crippen molar-refractivity contribution in [2.24, 2.45) is 0 Å². The van der Waals surface area contributed by atoms with Gasteiger partial charge in [0.25, 0.3) is 0 Å². The van der Waals surface area contributed by atoms with Gasteiger partial charge in [-0.1, -0.05) is 226 Å². The Kier molecular flexibility index (Phi) is 38.5. The standard InChI is InChI=1S/C54H105NO13/c1-3-5-6-7-8-9-10-11-12-13-14-15-16-17-18-19-20-21-22-23-24-25-26-27-28-29-30-31-32-33-34-35-36-38-43(58)42(55-46(59)37-4-2)41-65-53-51(64)49(62)52(45(40-57)67-53)68-54-50(63)48(61)47(60)44(39-56)66-54/h42-45,47-54,56-58,60-64H,3-41H2,1-2H3,(H,55,59). The van der Waals surface area contributed by atoms with Gasteiger partial charge in [0.1, 0.15) is 48.8 Å². The fourth-order valence-corrected chi connectivity index (χ4v) is 9.75. The molecule has 1 amide bonds. The molecule has 2 heterocycles. The molecule has 14 nitrogen and oxygen atoms in total. The van der Waals surface area contributed by atoms with E-state index >= 15 is 0 Å². The topological polar surface area (TPSA) is 228 Å². The monoisotopic (exact) mass is 976 g/mol. The van der Waals surface area contributed by atoms with Gasteiger partial charge < -0.3 is 65.1 Å². The quantitative estimate of drug-likeness (QED) is 0.0261. The Labute approximate surface area is 413 Å². The van der Waals surface area contributed by atoms with E-state index in [2.05, 4.69) is 12.2 Å². The van der Waals surface area contributed by atoms with Gasteiger partial charge in [0.15, 0.2) is 12.6 Å². The van der Waals surface area contributed by atoms with Crippen LogP contribution in [0.1, 0.15) is 245 Å². The van der Waals surface area contributed by atoms with Crippen LogP contribution in [0.15, 0.2) is 0 Å². The molecule has 12 unspecified atom stereocenters. The smallest absolute Gasteiger partial charge is 0.220 e. The summed E-state index contributed by atoms with van der Waals surface area (Å²) in [5.74, 6) is -0.257. The first-order valence-electron chi connectivity index (χ1n) is 28.3. The number of nitrogens with one attached hydrogen (secondary N) is 1. The number of aliphatic hydroxyl groups excluding tert-OH is 8. The lowest BCUT2D eigenvalue weighted by Crippen LogP contribution is -2.65. The summed E-state index contributed by atoms with van der Waals surface area (Å²) >= 11 is 0. The number of aliphatic hydroxyl groups is 8. The van der Waals surface area contributed by atoms with Crippen molar-refractivity contribution in [3.63, 3.8) is 0 Å². The van der Waals surface area contributed by atoms with Crippen LogP contribution in [0.5, 0.6) is 0 Å². The third-order valence-corrected chi connectivity index (χ3v) is 14.3. The number of hydrogen-bond donors (Lipinski definition) is 9. The second kappa shape index (κ2) is 41.5. The molecule has 2 aliphatic heterocycles. The van der Waals surface area contributed by atoms with E-state index in [9.17, 15) is 45.6 Å². The van der Waals surface area contributed by atoms with Gasteiger partial charge in [-0.3, -0.25) is 4.79 Å². The third-order valence-electron chi connectivity index (χ3n) is 14.3. The summed E-state index contributed by atoms with van der Waals surface area (Å²) in [6.07, 6.45) is 29.2. The predicted octanol–water partition coefficient (Wildman–Crippen LogP) is 8.56. The van der Waals surface area contributed by atoms with E-state index in [4.69, 9.17) is 18.9 Å². The van der Waals surface area contributed by atoms with E-state index in [0.29, 0.717) is 12.8 Å². The molecule has 2 aliphatic rings. The maximum atomic E-state index is 12.6. The summed E-state index contributed by atoms with van der Waals surface area (Å²) < 4.78 is 22.5. The predicted molar refractivity (Wildman–Crippen MR) is 268 cm³/mol. The summed E-state index contributed by atoms with van der Waals surface area (Å²) in [5, 5.41) is 86.0. The van der Waals surface area contributed by atoms with Crippen LogP contribution in [0.25, 0.3) is 0 Å². The number of hydrogen-bond acceptors (Lipinski definition) is 13. The number of carbonyl (C=O) groups excluding carboxylic acids is 1. The van der Waals surface area contributed by atoms with E-state index < -0.39 is 86.8 Å². The zero-order chi connectivity index (χ0) is 49.6. The molecular formula is C54H105NO13. The minimum atomic E-state index is -1.78. The second-order valence-corrected chi connectivity index (χ2v) is 20.4. The van der Waals surface area contributed by atoms with Crippen molar-refractivity contribution < 1.29 is 64.6 Å². The van der Waals surface area contributed by atoms with Crippen LogP contribution in [-0.2, 0) is 23.7 Å². The molecule has 2 rings (SSSR count). The summed E-state index contributed by atoms with van der Waals surface area (Å²) in [4.78, 5) is 12.6. The minimum Gasteiger partial charge on any atom is -0.394 e. The lowest BCUT2D eigenvalue weighted by atomic mass is 9.97. The normalized spacial score (nSPS) is 26.3. The highest BCUT2D eigenvalue weighted by molar-refractivity contribution is 5.76. The summed E-state index contributed by atoms with van der Waals surface area (Å²) in [7, 11) is 0. The molecule has 0 aromatic carbocycles. The van der Waals surface area contributed by atoms with Gasteiger partial charge in [-0.2, -0.15) is 0 Å². The van der Waals surface area contributed by atoms with Crippen molar-refractivity contribution in [3.05, 3.63) is 0 Å². The molecule has 0 aromatic heterocycles. The summed E-state index contributed by atoms with van der Waals surface area (Å²) in [6.45, 7) is 2.52. The first-order valence-corrected chi connectivity index (χ1v) is 28.3. The van der Waals surface area contributed by atoms with E-state index in [-0.39, 0.29) is 18.9 Å². The lowest BCUT2D eigenvalue weighted by Gasteiger charge is -2.46. The van der Waals surface area contributed by atoms with Crippen LogP contribution >= 0.6 is 0 Å². The van der Waals surface area contributed by atoms with Crippen molar-refractivity contribution >= 4 is 5.91 Å². The van der Waals surface area contributed by atoms with Crippen LogP contribution in [0.4, 0.5) is 0 Å². The van der Waals surface area contributed by atoms with E-state index in [1.165, 1.54) is 186 Å². The molecule has 14 heteroatoms. The molecule has 12 atom stereocenters. The van der Waals surface area contributed by atoms with Gasteiger partial charge in [0, 0.05) is 6.42 Å². The Morgan fingerprint density at radius 3 is 1.22 bits per heavy atom. The van der Waals surface area contributed by atoms with Crippen molar-refractivity contribution in [2.45, 2.75) is 319 Å². The van der Waals surface area contributed by atoms with E-state index in [1.54, 1.807) is 0 Å². The SMILES string of the molecule is CCCCCCCCCCCCCCCCCCCCCCCCCCCCCCCCCCCC(O)C(COC1OC(CO)C(OC2OC(CO)C(O)C(O)C2O)C(O)C1O)NC(=O)CCC. The first-order chi connectivity index (χ1) is 33.1. The van der Waals surface area contributed by atoms with Crippen molar-refractivity contribution in [1.29, 1.82) is 0 Å². The molecule has 2 saturated heterocycles. The molecule has 9 N–H and O–H groups in total. The van der Waals surface area contributed by atoms with Crippen molar-refractivity contribution in [1.82, 2.24) is 5.32 Å². The largest absolute Gasteiger partial charge is 0.394 e. The van der Waals surface area contributed by atoms with Crippen LogP contribution in [0, 0.1) is 0 Å². The molecule has 0 aliphatic carbocycles. The highest BCUT2D eigenvalue weighted by Gasteiger charge is 2.51. The molecule has 404 valence electrons. The zero-order valence-electron chi connectivity index (χ0n) is 43.1. The summed E-state index contributed by atoms with van der Waals surface area (Å²) in [5.41, 5.74) is 0. The highest BCUT2D eigenvalue weighted by atomic mass is 16.7. The fourth-order valence-electron chi connectivity index (χ4n) is 9.75. The number of ether oxygens (including phenoxy) is 4. The number of rotatable bonds is 45. The summed E-state index contributed by atoms with van der Waals surface area (Å²) in [6, 6.07) is -0.819. The van der Waals surface area contributed by atoms with Gasteiger partial charge in [-0.25, -0.2) is 0 Å². The zero-order valence-corrected chi connectivity index (χ0v) is 43.1. The van der Waals surface area contributed by atoms with Crippen molar-refractivity contribution in [2.75, 3.05) is 19.8 Å². The van der Waals surface area contributed by atoms with Crippen LogP contribution in [-0.4, -0.2) is 140 Å². The lowest BCUT2D eigenvalue weighted by molar-refractivity contribution is -0.359. The van der Waals surface area contributed by atoms with Crippen LogP contribution < -0.4 is 5.32 Å². The number of amides is 1. The fraction of sp³-hybridized carbons (Fsp3) is 0.981. The minimum absolute atomic E-state index is 0.249. The van der Waals surface area contributed by atoms with Crippen LogP contribution in [0.3, 0.4) is 0 Å². The van der Waals surface area contributed by atoms with Gasteiger partial charge in [-0.05, 0) is 12.8 Å². The second-order valence-electron chi connectivity index (χ2n) is 20.4. The number of carbonyl (C=O) groups is 1. The maximum Gasteiger partial charge on any atom is 0.220 e. The Balaban J connectivity index is 1.46. The van der Waals surface area contributed by atoms with Gasteiger partial charge >= 0.3 is 0 Å². The Bertz CT molecular complexity index is 1150. The van der Waals surface area contributed by atoms with Gasteiger partial charge in [0.05, 0.1) is 32.0 Å². The molecule has 0 spiro atoms. The number of unbranched alkanes of at least 4 members (excludes halogenated alkanes) is 32. The average Bonchev–Trinajstić information content (AvgIpc) is 3.33. The van der Waals surface area contributed by atoms with E-state index in [1.807, 2.05) is 6.92 Å². The molecule has 2 fully saturated rings. The van der Waals surface area contributed by atoms with Crippen molar-refractivity contribution in [3.8, 4) is 0 Å².